The van der Waals surface area contributed by atoms with Crippen LogP contribution in [0.3, 0.4) is 0 Å². The van der Waals surface area contributed by atoms with Gasteiger partial charge in [0.1, 0.15) is 5.82 Å². The summed E-state index contributed by atoms with van der Waals surface area (Å²) in [7, 11) is 0. The molecule has 3 heterocycles. The topological polar surface area (TPSA) is 63.1 Å². The van der Waals surface area contributed by atoms with Crippen LogP contribution in [-0.2, 0) is 6.54 Å². The summed E-state index contributed by atoms with van der Waals surface area (Å²) in [6, 6.07) is 25.8. The zero-order chi connectivity index (χ0) is 28.6. The number of halogens is 2. The van der Waals surface area contributed by atoms with Crippen molar-refractivity contribution in [2.45, 2.75) is 31.8 Å². The van der Waals surface area contributed by atoms with Gasteiger partial charge in [-0.25, -0.2) is 9.37 Å². The molecule has 0 amide bonds. The Hall–Kier alpha value is -4.07. The van der Waals surface area contributed by atoms with E-state index in [2.05, 4.69) is 40.5 Å². The lowest BCUT2D eigenvalue weighted by molar-refractivity contribution is 0.0667. The molecule has 42 heavy (non-hydrogen) atoms. The van der Waals surface area contributed by atoms with Crippen molar-refractivity contribution < 1.29 is 4.39 Å². The van der Waals surface area contributed by atoms with Crippen molar-refractivity contribution in [3.63, 3.8) is 0 Å². The van der Waals surface area contributed by atoms with Crippen molar-refractivity contribution in [3.05, 3.63) is 118 Å². The number of hydrogen-bond acceptors (Lipinski definition) is 5. The van der Waals surface area contributed by atoms with Crippen molar-refractivity contribution in [2.24, 2.45) is 11.8 Å². The summed E-state index contributed by atoms with van der Waals surface area (Å²) in [6.07, 6.45) is 5.31. The number of rotatable bonds is 6. The lowest BCUT2D eigenvalue weighted by Crippen LogP contribution is -2.54. The fourth-order valence-corrected chi connectivity index (χ4v) is 7.00. The molecular weight excluding hydrogens is 549 g/mol. The molecule has 2 aliphatic rings. The lowest BCUT2D eigenvalue weighted by atomic mass is 9.73. The number of nitrogens with zero attached hydrogens (tertiary/aromatic N) is 4. The fraction of sp³-hybridized carbons (Fsp3) is 0.265. The van der Waals surface area contributed by atoms with E-state index >= 15 is 0 Å². The van der Waals surface area contributed by atoms with Crippen LogP contribution in [0, 0.1) is 17.7 Å². The summed E-state index contributed by atoms with van der Waals surface area (Å²) in [5.41, 5.74) is 3.11. The van der Waals surface area contributed by atoms with Gasteiger partial charge >= 0.3 is 0 Å². The van der Waals surface area contributed by atoms with Crippen LogP contribution in [0.5, 0.6) is 0 Å². The van der Waals surface area contributed by atoms with Gasteiger partial charge in [-0.15, -0.1) is 0 Å². The molecule has 1 N–H and O–H groups in total. The molecule has 0 spiro atoms. The molecule has 2 fully saturated rings. The van der Waals surface area contributed by atoms with Crippen LogP contribution in [0.4, 0.5) is 10.3 Å². The summed E-state index contributed by atoms with van der Waals surface area (Å²) in [5, 5.41) is 4.84. The average molecular weight is 580 g/mol. The van der Waals surface area contributed by atoms with Crippen LogP contribution in [0.25, 0.3) is 27.8 Å². The Morgan fingerprint density at radius 1 is 0.905 bits per heavy atom. The van der Waals surface area contributed by atoms with Gasteiger partial charge in [0.2, 0.25) is 5.95 Å². The van der Waals surface area contributed by atoms with E-state index in [1.807, 2.05) is 18.2 Å². The van der Waals surface area contributed by atoms with Gasteiger partial charge in [0, 0.05) is 53.4 Å². The normalized spacial score (nSPS) is 20.5. The van der Waals surface area contributed by atoms with Crippen LogP contribution in [0.15, 0.2) is 95.9 Å². The Balaban J connectivity index is 1.24. The van der Waals surface area contributed by atoms with Gasteiger partial charge in [-0.05, 0) is 66.6 Å². The highest BCUT2D eigenvalue weighted by molar-refractivity contribution is 6.33. The molecule has 2 bridgehead atoms. The van der Waals surface area contributed by atoms with E-state index in [1.54, 1.807) is 30.5 Å². The van der Waals surface area contributed by atoms with E-state index in [0.29, 0.717) is 50.7 Å². The number of hydrogen-bond donors (Lipinski definition) is 1. The summed E-state index contributed by atoms with van der Waals surface area (Å²) in [6.45, 7) is 3.01. The second-order valence-corrected chi connectivity index (χ2v) is 11.8. The molecule has 3 aromatic carbocycles. The molecule has 2 atom stereocenters. The van der Waals surface area contributed by atoms with E-state index in [0.717, 1.165) is 32.5 Å². The molecule has 6 nitrogen and oxygen atoms in total. The summed E-state index contributed by atoms with van der Waals surface area (Å²) < 4.78 is 15.4. The molecule has 7 rings (SSSR count). The van der Waals surface area contributed by atoms with E-state index in [4.69, 9.17) is 21.6 Å². The first-order valence-electron chi connectivity index (χ1n) is 14.5. The Bertz CT molecular complexity index is 1780. The van der Waals surface area contributed by atoms with Gasteiger partial charge in [-0.3, -0.25) is 14.3 Å². The van der Waals surface area contributed by atoms with E-state index in [-0.39, 0.29) is 17.4 Å². The molecular formula is C34H31ClFN5O. The maximum atomic E-state index is 14.0. The van der Waals surface area contributed by atoms with E-state index in [9.17, 15) is 9.18 Å². The van der Waals surface area contributed by atoms with Crippen LogP contribution in [0.1, 0.15) is 24.8 Å². The van der Waals surface area contributed by atoms with Crippen molar-refractivity contribution in [2.75, 3.05) is 18.4 Å². The Morgan fingerprint density at radius 2 is 1.62 bits per heavy atom. The van der Waals surface area contributed by atoms with Gasteiger partial charge in [-0.1, -0.05) is 66.6 Å². The minimum atomic E-state index is -0.375. The van der Waals surface area contributed by atoms with E-state index < -0.39 is 0 Å². The van der Waals surface area contributed by atoms with Crippen LogP contribution in [-0.4, -0.2) is 38.6 Å². The van der Waals surface area contributed by atoms with E-state index in [1.165, 1.54) is 28.7 Å². The van der Waals surface area contributed by atoms with Crippen LogP contribution < -0.4 is 10.9 Å². The minimum Gasteiger partial charge on any atom is -0.351 e. The third-order valence-corrected chi connectivity index (χ3v) is 9.02. The Labute approximate surface area is 248 Å². The van der Waals surface area contributed by atoms with Gasteiger partial charge in [0.15, 0.2) is 5.65 Å². The molecule has 8 heteroatoms. The van der Waals surface area contributed by atoms with Crippen molar-refractivity contribution in [1.29, 1.82) is 0 Å². The smallest absolute Gasteiger partial charge is 0.264 e. The highest BCUT2D eigenvalue weighted by Gasteiger charge is 2.39. The zero-order valence-corrected chi connectivity index (χ0v) is 23.8. The summed E-state index contributed by atoms with van der Waals surface area (Å²) in [5.74, 6) is 1.10. The second kappa shape index (κ2) is 11.3. The zero-order valence-electron chi connectivity index (χ0n) is 23.1. The van der Waals surface area contributed by atoms with Gasteiger partial charge < -0.3 is 5.32 Å². The molecule has 1 saturated heterocycles. The molecule has 1 saturated carbocycles. The van der Waals surface area contributed by atoms with Gasteiger partial charge in [0.25, 0.3) is 5.56 Å². The first kappa shape index (κ1) is 26.8. The predicted octanol–water partition coefficient (Wildman–Crippen LogP) is 6.95. The van der Waals surface area contributed by atoms with Gasteiger partial charge in [0.05, 0.1) is 5.69 Å². The standard InChI is InChI=1S/C34H31ClFN5O/c35-30-12-5-4-11-28(30)29-17-25-18-37-34(39-32(25)41(33(29)42)27-15-13-26(36)14-16-27)38-31-23-9-6-10-24(31)21-40(20-23)19-22-7-2-1-3-8-22/h1-5,7-8,11-18,23-24,31H,6,9-10,19-21H2,(H,37,38,39). The second-order valence-electron chi connectivity index (χ2n) is 11.4. The van der Waals surface area contributed by atoms with Crippen molar-refractivity contribution >= 4 is 28.6 Å². The number of aromatic nitrogens is 3. The number of pyridine rings is 1. The Morgan fingerprint density at radius 3 is 2.36 bits per heavy atom. The quantitative estimate of drug-likeness (QED) is 0.236. The summed E-state index contributed by atoms with van der Waals surface area (Å²) in [4.78, 5) is 26.2. The number of anilines is 1. The maximum absolute atomic E-state index is 14.0. The number of likely N-dealkylation sites (tertiary alicyclic amines) is 1. The molecule has 2 unspecified atom stereocenters. The third-order valence-electron chi connectivity index (χ3n) is 8.69. The number of fused-ring (bicyclic) bond motifs is 3. The third kappa shape index (κ3) is 5.19. The summed E-state index contributed by atoms with van der Waals surface area (Å²) >= 11 is 6.49. The molecule has 1 aliphatic heterocycles. The first-order valence-corrected chi connectivity index (χ1v) is 14.9. The average Bonchev–Trinajstić information content (AvgIpc) is 2.99. The molecule has 2 aromatic heterocycles. The molecule has 5 aromatic rings. The Kier molecular flexibility index (Phi) is 7.22. The number of benzene rings is 3. The van der Waals surface area contributed by atoms with Crippen molar-refractivity contribution in [3.8, 4) is 16.8 Å². The van der Waals surface area contributed by atoms with Gasteiger partial charge in [-0.2, -0.15) is 4.98 Å². The lowest BCUT2D eigenvalue weighted by Gasteiger charge is -2.47. The number of piperidine rings is 1. The largest absolute Gasteiger partial charge is 0.351 e. The monoisotopic (exact) mass is 579 g/mol. The first-order chi connectivity index (χ1) is 20.5. The molecule has 212 valence electrons. The van der Waals surface area contributed by atoms with Crippen LogP contribution in [0.2, 0.25) is 5.02 Å². The molecule has 0 radical (unpaired) electrons. The molecule has 1 aliphatic carbocycles. The highest BCUT2D eigenvalue weighted by atomic mass is 35.5. The highest BCUT2D eigenvalue weighted by Crippen LogP contribution is 2.37. The van der Waals surface area contributed by atoms with Crippen LogP contribution >= 0.6 is 11.6 Å². The maximum Gasteiger partial charge on any atom is 0.264 e. The fourth-order valence-electron chi connectivity index (χ4n) is 6.76. The number of nitrogens with one attached hydrogen (secondary N) is 1. The van der Waals surface area contributed by atoms with Crippen molar-refractivity contribution in [1.82, 2.24) is 19.4 Å². The SMILES string of the molecule is O=c1c(-c2ccccc2Cl)cc2cnc(NC3C4CCCC3CN(Cc3ccccc3)C4)nc2n1-c1ccc(F)cc1. The minimum absolute atomic E-state index is 0.261. The predicted molar refractivity (Wildman–Crippen MR) is 165 cm³/mol.